The van der Waals surface area contributed by atoms with Gasteiger partial charge in [0.2, 0.25) is 0 Å². The Hall–Kier alpha value is -0.520. The van der Waals surface area contributed by atoms with Crippen molar-refractivity contribution in [1.82, 2.24) is 5.32 Å². The normalized spacial score (nSPS) is 14.7. The Morgan fingerprint density at radius 1 is 1.42 bits per heavy atom. The van der Waals surface area contributed by atoms with Crippen LogP contribution in [-0.2, 0) is 4.74 Å². The second kappa shape index (κ2) is 7.15. The lowest BCUT2D eigenvalue weighted by molar-refractivity contribution is 0.0891. The predicted molar refractivity (Wildman–Crippen MR) is 52.0 cm³/mol. The topological polar surface area (TPSA) is 21.3 Å². The van der Waals surface area contributed by atoms with Crippen molar-refractivity contribution >= 4 is 0 Å². The first-order valence-electron chi connectivity index (χ1n) is 4.38. The van der Waals surface area contributed by atoms with E-state index in [0.717, 1.165) is 13.0 Å². The molecule has 0 aromatic carbocycles. The monoisotopic (exact) mass is 169 g/mol. The Labute approximate surface area is 75.7 Å². The summed E-state index contributed by atoms with van der Waals surface area (Å²) in [7, 11) is 1.73. The summed E-state index contributed by atoms with van der Waals surface area (Å²) in [6, 6.07) is 0.397. The highest BCUT2D eigenvalue weighted by Gasteiger charge is 2.08. The molecule has 2 unspecified atom stereocenters. The molecule has 0 rings (SSSR count). The van der Waals surface area contributed by atoms with Crippen molar-refractivity contribution in [2.75, 3.05) is 13.7 Å². The minimum absolute atomic E-state index is 0.264. The lowest BCUT2D eigenvalue weighted by Gasteiger charge is -2.19. The summed E-state index contributed by atoms with van der Waals surface area (Å²) in [5.41, 5.74) is 0. The van der Waals surface area contributed by atoms with E-state index in [-0.39, 0.29) is 6.10 Å². The van der Waals surface area contributed by atoms with Crippen molar-refractivity contribution in [3.63, 3.8) is 0 Å². The van der Waals surface area contributed by atoms with Crippen LogP contribution in [0, 0.1) is 11.8 Å². The molecule has 2 nitrogen and oxygen atoms in total. The van der Waals surface area contributed by atoms with E-state index >= 15 is 0 Å². The highest BCUT2D eigenvalue weighted by Crippen LogP contribution is 1.95. The Bertz CT molecular complexity index is 157. The zero-order chi connectivity index (χ0) is 9.40. The average Bonchev–Trinajstić information content (AvgIpc) is 2.10. The summed E-state index contributed by atoms with van der Waals surface area (Å²) >= 11 is 0. The molecule has 0 aliphatic rings. The van der Waals surface area contributed by atoms with Crippen molar-refractivity contribution in [3.8, 4) is 11.8 Å². The van der Waals surface area contributed by atoms with Crippen LogP contribution in [0.3, 0.4) is 0 Å². The molecule has 12 heavy (non-hydrogen) atoms. The van der Waals surface area contributed by atoms with Gasteiger partial charge in [-0.3, -0.25) is 0 Å². The van der Waals surface area contributed by atoms with Gasteiger partial charge in [-0.25, -0.2) is 0 Å². The van der Waals surface area contributed by atoms with Crippen LogP contribution in [0.2, 0.25) is 0 Å². The van der Waals surface area contributed by atoms with Crippen molar-refractivity contribution in [3.05, 3.63) is 0 Å². The molecule has 0 amide bonds. The minimum Gasteiger partial charge on any atom is -0.380 e. The largest absolute Gasteiger partial charge is 0.380 e. The van der Waals surface area contributed by atoms with E-state index in [2.05, 4.69) is 31.0 Å². The van der Waals surface area contributed by atoms with Crippen LogP contribution < -0.4 is 5.32 Å². The molecular formula is C10H19NO. The third-order valence-electron chi connectivity index (χ3n) is 1.97. The molecular weight excluding hydrogens is 150 g/mol. The van der Waals surface area contributed by atoms with Crippen molar-refractivity contribution in [2.24, 2.45) is 0 Å². The fourth-order valence-electron chi connectivity index (χ4n) is 0.857. The molecule has 0 aliphatic carbocycles. The number of hydrogen-bond donors (Lipinski definition) is 1. The van der Waals surface area contributed by atoms with Gasteiger partial charge in [0.05, 0.1) is 6.10 Å². The standard InChI is InChI=1S/C10H19NO/c1-5-6-7-8-11-9(2)10(3)12-4/h9-11H,7-8H2,1-4H3. The molecule has 0 radical (unpaired) electrons. The summed E-state index contributed by atoms with van der Waals surface area (Å²) in [6.07, 6.45) is 1.18. The van der Waals surface area contributed by atoms with E-state index in [9.17, 15) is 0 Å². The van der Waals surface area contributed by atoms with Gasteiger partial charge in [0.25, 0.3) is 0 Å². The van der Waals surface area contributed by atoms with E-state index < -0.39 is 0 Å². The highest BCUT2D eigenvalue weighted by molar-refractivity contribution is 4.95. The maximum atomic E-state index is 5.17. The molecule has 0 bridgehead atoms. The molecule has 0 heterocycles. The summed E-state index contributed by atoms with van der Waals surface area (Å²) in [5, 5.41) is 3.34. The van der Waals surface area contributed by atoms with Crippen LogP contribution in [0.25, 0.3) is 0 Å². The number of rotatable bonds is 5. The first-order chi connectivity index (χ1) is 5.72. The third kappa shape index (κ3) is 5.17. The van der Waals surface area contributed by atoms with Gasteiger partial charge in [-0.1, -0.05) is 0 Å². The quantitative estimate of drug-likeness (QED) is 0.496. The fraction of sp³-hybridized carbons (Fsp3) is 0.800. The van der Waals surface area contributed by atoms with Gasteiger partial charge in [-0.15, -0.1) is 11.8 Å². The third-order valence-corrected chi connectivity index (χ3v) is 1.97. The van der Waals surface area contributed by atoms with Crippen LogP contribution in [0.4, 0.5) is 0 Å². The first-order valence-corrected chi connectivity index (χ1v) is 4.38. The van der Waals surface area contributed by atoms with Gasteiger partial charge in [0.1, 0.15) is 0 Å². The van der Waals surface area contributed by atoms with E-state index in [4.69, 9.17) is 4.74 Å². The maximum Gasteiger partial charge on any atom is 0.0693 e. The summed E-state index contributed by atoms with van der Waals surface area (Å²) in [5.74, 6) is 5.87. The van der Waals surface area contributed by atoms with Crippen molar-refractivity contribution in [1.29, 1.82) is 0 Å². The molecule has 2 heteroatoms. The summed E-state index contributed by atoms with van der Waals surface area (Å²) < 4.78 is 5.17. The molecule has 70 valence electrons. The van der Waals surface area contributed by atoms with Gasteiger partial charge in [0.15, 0.2) is 0 Å². The van der Waals surface area contributed by atoms with Crippen molar-refractivity contribution < 1.29 is 4.74 Å². The molecule has 1 N–H and O–H groups in total. The molecule has 0 aromatic rings. The Morgan fingerprint density at radius 2 is 2.08 bits per heavy atom. The summed E-state index contributed by atoms with van der Waals surface area (Å²) in [4.78, 5) is 0. The van der Waals surface area contributed by atoms with Crippen LogP contribution >= 0.6 is 0 Å². The number of ether oxygens (including phenoxy) is 1. The number of methoxy groups -OCH3 is 1. The molecule has 0 fully saturated rings. The zero-order valence-electron chi connectivity index (χ0n) is 8.48. The first kappa shape index (κ1) is 11.5. The molecule has 0 saturated heterocycles. The van der Waals surface area contributed by atoms with E-state index in [1.54, 1.807) is 7.11 Å². The van der Waals surface area contributed by atoms with Crippen LogP contribution in [-0.4, -0.2) is 25.8 Å². The Morgan fingerprint density at radius 3 is 2.58 bits per heavy atom. The Kier molecular flexibility index (Phi) is 6.84. The van der Waals surface area contributed by atoms with Gasteiger partial charge < -0.3 is 10.1 Å². The average molecular weight is 169 g/mol. The zero-order valence-corrected chi connectivity index (χ0v) is 8.48. The minimum atomic E-state index is 0.264. The van der Waals surface area contributed by atoms with Gasteiger partial charge in [-0.05, 0) is 20.8 Å². The molecule has 0 aliphatic heterocycles. The SMILES string of the molecule is CC#CCCNC(C)C(C)OC. The van der Waals surface area contributed by atoms with E-state index in [1.807, 2.05) is 6.92 Å². The van der Waals surface area contributed by atoms with E-state index in [0.29, 0.717) is 6.04 Å². The Balaban J connectivity index is 3.40. The molecule has 0 spiro atoms. The number of hydrogen-bond acceptors (Lipinski definition) is 2. The molecule has 2 atom stereocenters. The van der Waals surface area contributed by atoms with E-state index in [1.165, 1.54) is 0 Å². The highest BCUT2D eigenvalue weighted by atomic mass is 16.5. The van der Waals surface area contributed by atoms with Gasteiger partial charge in [0, 0.05) is 26.1 Å². The van der Waals surface area contributed by atoms with Gasteiger partial charge >= 0.3 is 0 Å². The molecule has 0 saturated carbocycles. The smallest absolute Gasteiger partial charge is 0.0693 e. The van der Waals surface area contributed by atoms with Crippen molar-refractivity contribution in [2.45, 2.75) is 39.3 Å². The fourth-order valence-corrected chi connectivity index (χ4v) is 0.857. The van der Waals surface area contributed by atoms with Crippen LogP contribution in [0.5, 0.6) is 0 Å². The maximum absolute atomic E-state index is 5.17. The lowest BCUT2D eigenvalue weighted by Crippen LogP contribution is -2.37. The van der Waals surface area contributed by atoms with Gasteiger partial charge in [-0.2, -0.15) is 0 Å². The van der Waals surface area contributed by atoms with Crippen LogP contribution in [0.1, 0.15) is 27.2 Å². The molecule has 0 aromatic heterocycles. The summed E-state index contributed by atoms with van der Waals surface area (Å²) in [6.45, 7) is 6.98. The second-order valence-electron chi connectivity index (χ2n) is 2.86. The predicted octanol–water partition coefficient (Wildman–Crippen LogP) is 1.41. The lowest BCUT2D eigenvalue weighted by atomic mass is 10.2. The number of nitrogens with one attached hydrogen (secondary N) is 1. The van der Waals surface area contributed by atoms with Crippen LogP contribution in [0.15, 0.2) is 0 Å². The second-order valence-corrected chi connectivity index (χ2v) is 2.86.